The van der Waals surface area contributed by atoms with E-state index in [0.29, 0.717) is 11.4 Å². The highest BCUT2D eigenvalue weighted by Gasteiger charge is 2.34. The summed E-state index contributed by atoms with van der Waals surface area (Å²) in [6, 6.07) is 7.92. The summed E-state index contributed by atoms with van der Waals surface area (Å²) in [6.07, 6.45) is -3.09. The van der Waals surface area contributed by atoms with Gasteiger partial charge in [-0.2, -0.15) is 13.2 Å². The number of pyridine rings is 1. The summed E-state index contributed by atoms with van der Waals surface area (Å²) in [7, 11) is 1.47. The summed E-state index contributed by atoms with van der Waals surface area (Å²) in [6.45, 7) is 0.0714. The van der Waals surface area contributed by atoms with Gasteiger partial charge in [-0.15, -0.1) is 0 Å². The summed E-state index contributed by atoms with van der Waals surface area (Å²) in [5.74, 6) is -0.374. The molecule has 1 aromatic heterocycles. The van der Waals surface area contributed by atoms with E-state index in [-0.39, 0.29) is 6.54 Å². The predicted octanol–water partition coefficient (Wildman–Crippen LogP) is 3.04. The molecular weight excluding hydrogens is 297 g/mol. The molecular formula is C15H13F3N2O2. The van der Waals surface area contributed by atoms with E-state index in [0.717, 1.165) is 12.1 Å². The fourth-order valence-corrected chi connectivity index (χ4v) is 1.84. The number of rotatable bonds is 4. The van der Waals surface area contributed by atoms with Crippen LogP contribution in [0.3, 0.4) is 0 Å². The van der Waals surface area contributed by atoms with Crippen LogP contribution in [0.1, 0.15) is 21.5 Å². The minimum Gasteiger partial charge on any atom is -0.481 e. The van der Waals surface area contributed by atoms with E-state index in [2.05, 4.69) is 10.3 Å². The molecule has 4 nitrogen and oxygen atoms in total. The molecule has 0 fully saturated rings. The molecule has 1 aromatic carbocycles. The number of methoxy groups -OCH3 is 1. The first-order valence-corrected chi connectivity index (χ1v) is 6.35. The number of ether oxygens (including phenoxy) is 1. The number of nitrogens with zero attached hydrogens (tertiary/aromatic N) is 1. The number of hydrogen-bond acceptors (Lipinski definition) is 3. The van der Waals surface area contributed by atoms with Crippen molar-refractivity contribution < 1.29 is 22.7 Å². The maximum Gasteiger partial charge on any atom is 0.417 e. The second-order valence-electron chi connectivity index (χ2n) is 4.43. The number of carbonyl (C=O) groups excluding carboxylic acids is 1. The molecule has 1 heterocycles. The summed E-state index contributed by atoms with van der Waals surface area (Å²) < 4.78 is 43.4. The molecule has 0 saturated carbocycles. The van der Waals surface area contributed by atoms with Crippen molar-refractivity contribution >= 4 is 5.91 Å². The van der Waals surface area contributed by atoms with Crippen LogP contribution in [0.15, 0.2) is 42.6 Å². The fraction of sp³-hybridized carbons (Fsp3) is 0.200. The second kappa shape index (κ2) is 6.46. The van der Waals surface area contributed by atoms with Crippen molar-refractivity contribution in [2.75, 3.05) is 7.11 Å². The number of nitrogens with one attached hydrogen (secondary N) is 1. The Balaban J connectivity index is 2.09. The molecule has 2 rings (SSSR count). The van der Waals surface area contributed by atoms with Crippen LogP contribution in [-0.4, -0.2) is 18.0 Å². The molecule has 0 atom stereocenters. The van der Waals surface area contributed by atoms with E-state index in [1.54, 1.807) is 12.1 Å². The molecule has 1 N–H and O–H groups in total. The van der Waals surface area contributed by atoms with Gasteiger partial charge in [0.2, 0.25) is 5.88 Å². The Morgan fingerprint density at radius 2 is 1.95 bits per heavy atom. The van der Waals surface area contributed by atoms with Crippen LogP contribution in [0.2, 0.25) is 0 Å². The van der Waals surface area contributed by atoms with E-state index in [1.807, 2.05) is 0 Å². The zero-order chi connectivity index (χ0) is 16.2. The van der Waals surface area contributed by atoms with E-state index >= 15 is 0 Å². The predicted molar refractivity (Wildman–Crippen MR) is 73.4 cm³/mol. The lowest BCUT2D eigenvalue weighted by Crippen LogP contribution is -2.25. The number of hydrogen-bond donors (Lipinski definition) is 1. The first-order chi connectivity index (χ1) is 10.4. The lowest BCUT2D eigenvalue weighted by molar-refractivity contribution is -0.137. The van der Waals surface area contributed by atoms with Crippen molar-refractivity contribution in [3.05, 3.63) is 59.3 Å². The Morgan fingerprint density at radius 3 is 2.55 bits per heavy atom. The van der Waals surface area contributed by atoms with Gasteiger partial charge in [0.05, 0.1) is 18.2 Å². The Hall–Kier alpha value is -2.57. The number of carbonyl (C=O) groups is 1. The smallest absolute Gasteiger partial charge is 0.417 e. The van der Waals surface area contributed by atoms with Crippen molar-refractivity contribution in [3.63, 3.8) is 0 Å². The Morgan fingerprint density at radius 1 is 1.23 bits per heavy atom. The molecule has 0 spiro atoms. The highest BCUT2D eigenvalue weighted by atomic mass is 19.4. The number of halogens is 3. The fourth-order valence-electron chi connectivity index (χ4n) is 1.84. The van der Waals surface area contributed by atoms with Gasteiger partial charge in [0.1, 0.15) is 0 Å². The minimum atomic E-state index is -4.57. The van der Waals surface area contributed by atoms with Crippen molar-refractivity contribution in [2.24, 2.45) is 0 Å². The maximum atomic E-state index is 12.9. The van der Waals surface area contributed by atoms with Crippen molar-refractivity contribution in [3.8, 4) is 5.88 Å². The van der Waals surface area contributed by atoms with E-state index in [1.165, 1.54) is 25.4 Å². The third-order valence-electron chi connectivity index (χ3n) is 2.94. The first-order valence-electron chi connectivity index (χ1n) is 6.35. The van der Waals surface area contributed by atoms with Crippen LogP contribution in [0.25, 0.3) is 0 Å². The third-order valence-corrected chi connectivity index (χ3v) is 2.94. The lowest BCUT2D eigenvalue weighted by Gasteiger charge is -2.12. The van der Waals surface area contributed by atoms with Gasteiger partial charge in [-0.25, -0.2) is 4.98 Å². The standard InChI is InChI=1S/C15H13F3N2O2/c1-22-13-7-6-10(8-19-13)9-20-14(21)11-4-2-3-5-12(11)15(16,17)18/h2-8H,9H2,1H3,(H,20,21). The molecule has 0 aliphatic carbocycles. The molecule has 1 amide bonds. The first kappa shape index (κ1) is 15.8. The van der Waals surface area contributed by atoms with Gasteiger partial charge in [0.15, 0.2) is 0 Å². The molecule has 0 aliphatic rings. The monoisotopic (exact) mass is 310 g/mol. The van der Waals surface area contributed by atoms with Gasteiger partial charge >= 0.3 is 6.18 Å². The SMILES string of the molecule is COc1ccc(CNC(=O)c2ccccc2C(F)(F)F)cn1. The molecule has 0 radical (unpaired) electrons. The van der Waals surface area contributed by atoms with Gasteiger partial charge in [-0.1, -0.05) is 18.2 Å². The van der Waals surface area contributed by atoms with E-state index in [9.17, 15) is 18.0 Å². The van der Waals surface area contributed by atoms with Crippen LogP contribution >= 0.6 is 0 Å². The average molecular weight is 310 g/mol. The molecule has 0 bridgehead atoms. The summed E-state index contributed by atoms with van der Waals surface area (Å²) in [4.78, 5) is 15.9. The normalized spacial score (nSPS) is 11.1. The van der Waals surface area contributed by atoms with Crippen molar-refractivity contribution in [2.45, 2.75) is 12.7 Å². The molecule has 2 aromatic rings. The average Bonchev–Trinajstić information content (AvgIpc) is 2.52. The highest BCUT2D eigenvalue weighted by Crippen LogP contribution is 2.31. The maximum absolute atomic E-state index is 12.9. The Labute approximate surface area is 124 Å². The summed E-state index contributed by atoms with van der Waals surface area (Å²) >= 11 is 0. The summed E-state index contributed by atoms with van der Waals surface area (Å²) in [5.41, 5.74) is -0.713. The van der Waals surface area contributed by atoms with Gasteiger partial charge in [-0.05, 0) is 17.7 Å². The van der Waals surface area contributed by atoms with Crippen LogP contribution < -0.4 is 10.1 Å². The molecule has 0 aliphatic heterocycles. The number of amides is 1. The molecule has 116 valence electrons. The molecule has 0 unspecified atom stereocenters. The Kier molecular flexibility index (Phi) is 4.65. The zero-order valence-electron chi connectivity index (χ0n) is 11.6. The van der Waals surface area contributed by atoms with Crippen LogP contribution in [0.4, 0.5) is 13.2 Å². The van der Waals surface area contributed by atoms with Crippen molar-refractivity contribution in [1.29, 1.82) is 0 Å². The topological polar surface area (TPSA) is 51.2 Å². The molecule has 22 heavy (non-hydrogen) atoms. The lowest BCUT2D eigenvalue weighted by atomic mass is 10.1. The van der Waals surface area contributed by atoms with Gasteiger partial charge in [0.25, 0.3) is 5.91 Å². The van der Waals surface area contributed by atoms with Crippen molar-refractivity contribution in [1.82, 2.24) is 10.3 Å². The number of alkyl halides is 3. The molecule has 0 saturated heterocycles. The third kappa shape index (κ3) is 3.75. The van der Waals surface area contributed by atoms with Crippen LogP contribution in [-0.2, 0) is 12.7 Å². The largest absolute Gasteiger partial charge is 0.481 e. The highest BCUT2D eigenvalue weighted by molar-refractivity contribution is 5.95. The second-order valence-corrected chi connectivity index (χ2v) is 4.43. The van der Waals surface area contributed by atoms with Crippen LogP contribution in [0.5, 0.6) is 5.88 Å². The quantitative estimate of drug-likeness (QED) is 0.944. The summed E-state index contributed by atoms with van der Waals surface area (Å²) in [5, 5.41) is 2.45. The zero-order valence-corrected chi connectivity index (χ0v) is 11.6. The van der Waals surface area contributed by atoms with Gasteiger partial charge in [-0.3, -0.25) is 4.79 Å². The minimum absolute atomic E-state index is 0.0714. The number of aromatic nitrogens is 1. The number of benzene rings is 1. The van der Waals surface area contributed by atoms with Gasteiger partial charge < -0.3 is 10.1 Å². The van der Waals surface area contributed by atoms with Gasteiger partial charge in [0, 0.05) is 18.8 Å². The molecule has 7 heteroatoms. The Bertz CT molecular complexity index is 655. The van der Waals surface area contributed by atoms with Crippen LogP contribution in [0, 0.1) is 0 Å². The van der Waals surface area contributed by atoms with E-state index < -0.39 is 23.2 Å². The van der Waals surface area contributed by atoms with E-state index in [4.69, 9.17) is 4.74 Å².